The van der Waals surface area contributed by atoms with E-state index in [0.717, 1.165) is 67.3 Å². The Balaban J connectivity index is 1.35. The normalized spacial score (nSPS) is 18.2. The summed E-state index contributed by atoms with van der Waals surface area (Å²) >= 11 is 0. The molecule has 5 rings (SSSR count). The summed E-state index contributed by atoms with van der Waals surface area (Å²) in [5.41, 5.74) is 4.67. The number of hydrogen-bond acceptors (Lipinski definition) is 5. The van der Waals surface area contributed by atoms with Crippen LogP contribution >= 0.6 is 0 Å². The van der Waals surface area contributed by atoms with Crippen LogP contribution in [0.15, 0.2) is 30.3 Å². The minimum atomic E-state index is -0.118. The zero-order chi connectivity index (χ0) is 19.1. The Morgan fingerprint density at radius 2 is 1.75 bits per heavy atom. The number of fused-ring (bicyclic) bond motifs is 2. The molecule has 0 aliphatic carbocycles. The number of nitrogens with one attached hydrogen (secondary N) is 1. The van der Waals surface area contributed by atoms with E-state index in [2.05, 4.69) is 34.3 Å². The summed E-state index contributed by atoms with van der Waals surface area (Å²) in [6.07, 6.45) is 1.57. The van der Waals surface area contributed by atoms with E-state index in [4.69, 9.17) is 9.47 Å². The molecule has 2 aromatic rings. The van der Waals surface area contributed by atoms with E-state index in [0.29, 0.717) is 18.8 Å². The van der Waals surface area contributed by atoms with Gasteiger partial charge in [-0.05, 0) is 37.4 Å². The van der Waals surface area contributed by atoms with Crippen LogP contribution in [0.5, 0.6) is 11.5 Å². The highest BCUT2D eigenvalue weighted by Gasteiger charge is 2.30. The Kier molecular flexibility index (Phi) is 4.36. The van der Waals surface area contributed by atoms with Gasteiger partial charge >= 0.3 is 0 Å². The van der Waals surface area contributed by atoms with Crippen molar-refractivity contribution in [1.82, 2.24) is 4.90 Å². The number of carbonyl (C=O) groups is 1. The quantitative estimate of drug-likeness (QED) is 0.888. The molecule has 0 aromatic heterocycles. The van der Waals surface area contributed by atoms with Gasteiger partial charge in [-0.25, -0.2) is 0 Å². The zero-order valence-corrected chi connectivity index (χ0v) is 16.2. The summed E-state index contributed by atoms with van der Waals surface area (Å²) in [7, 11) is 2.15. The summed E-state index contributed by atoms with van der Waals surface area (Å²) in [6.45, 7) is 5.45. The molecular formula is C22H25N3O3. The molecule has 0 spiro atoms. The molecule has 0 saturated carbocycles. The van der Waals surface area contributed by atoms with Crippen LogP contribution < -0.4 is 19.7 Å². The van der Waals surface area contributed by atoms with Crippen molar-refractivity contribution in [1.29, 1.82) is 0 Å². The second-order valence-electron chi connectivity index (χ2n) is 7.70. The van der Waals surface area contributed by atoms with Crippen LogP contribution in [0.3, 0.4) is 0 Å². The maximum atomic E-state index is 13.1. The molecule has 0 radical (unpaired) electrons. The molecule has 0 atom stereocenters. The fourth-order valence-corrected chi connectivity index (χ4v) is 4.24. The van der Waals surface area contributed by atoms with E-state index >= 15 is 0 Å². The maximum absolute atomic E-state index is 13.1. The van der Waals surface area contributed by atoms with Gasteiger partial charge < -0.3 is 24.6 Å². The first kappa shape index (κ1) is 17.4. The Morgan fingerprint density at radius 3 is 2.54 bits per heavy atom. The molecule has 0 bridgehead atoms. The van der Waals surface area contributed by atoms with E-state index in [1.807, 2.05) is 18.2 Å². The highest BCUT2D eigenvalue weighted by Crippen LogP contribution is 2.40. The number of rotatable bonds is 3. The van der Waals surface area contributed by atoms with Crippen molar-refractivity contribution >= 4 is 17.3 Å². The van der Waals surface area contributed by atoms with Crippen LogP contribution in [-0.4, -0.2) is 57.2 Å². The third-order valence-corrected chi connectivity index (χ3v) is 5.87. The largest absolute Gasteiger partial charge is 0.493 e. The summed E-state index contributed by atoms with van der Waals surface area (Å²) in [4.78, 5) is 17.8. The molecule has 6 nitrogen and oxygen atoms in total. The number of likely N-dealkylation sites (N-methyl/N-ethyl adjacent to an activating group) is 1. The smallest absolute Gasteiger partial charge is 0.259 e. The predicted molar refractivity (Wildman–Crippen MR) is 109 cm³/mol. The Labute approximate surface area is 165 Å². The molecule has 3 aliphatic rings. The van der Waals surface area contributed by atoms with Crippen LogP contribution in [0, 0.1) is 0 Å². The minimum Gasteiger partial charge on any atom is -0.493 e. The van der Waals surface area contributed by atoms with E-state index < -0.39 is 0 Å². The van der Waals surface area contributed by atoms with Crippen LogP contribution in [0.1, 0.15) is 21.5 Å². The molecule has 1 saturated heterocycles. The van der Waals surface area contributed by atoms with Crippen LogP contribution in [0.2, 0.25) is 0 Å². The third-order valence-electron chi connectivity index (χ3n) is 5.87. The molecule has 0 unspecified atom stereocenters. The van der Waals surface area contributed by atoms with Gasteiger partial charge in [0.25, 0.3) is 5.91 Å². The van der Waals surface area contributed by atoms with E-state index in [1.165, 1.54) is 5.69 Å². The standard InChI is InChI=1S/C22H25N3O3/c1-24-8-10-25(11-9-24)17-4-2-16(3-5-17)23-22(26)20-18-7-13-27-19(18)14-15-6-12-28-21(15)20/h2-5,14H,6-13H2,1H3,(H,23,26). The Hall–Kier alpha value is -2.73. The van der Waals surface area contributed by atoms with Crippen molar-refractivity contribution in [3.05, 3.63) is 47.0 Å². The Bertz CT molecular complexity index is 870. The molecule has 1 amide bonds. The molecule has 1 fully saturated rings. The SMILES string of the molecule is CN1CCN(c2ccc(NC(=O)c3c4c(cc5c3OCC5)OCC4)cc2)CC1. The molecule has 28 heavy (non-hydrogen) atoms. The zero-order valence-electron chi connectivity index (χ0n) is 16.2. The van der Waals surface area contributed by atoms with Crippen molar-refractivity contribution in [2.24, 2.45) is 0 Å². The van der Waals surface area contributed by atoms with Crippen molar-refractivity contribution in [3.63, 3.8) is 0 Å². The topological polar surface area (TPSA) is 54.0 Å². The molecule has 6 heteroatoms. The first-order valence-electron chi connectivity index (χ1n) is 9.98. The number of ether oxygens (including phenoxy) is 2. The van der Waals surface area contributed by atoms with Gasteiger partial charge in [-0.2, -0.15) is 0 Å². The van der Waals surface area contributed by atoms with Gasteiger partial charge in [-0.1, -0.05) is 0 Å². The fourth-order valence-electron chi connectivity index (χ4n) is 4.24. The first-order valence-corrected chi connectivity index (χ1v) is 9.98. The lowest BCUT2D eigenvalue weighted by molar-refractivity contribution is 0.102. The lowest BCUT2D eigenvalue weighted by Crippen LogP contribution is -2.44. The summed E-state index contributed by atoms with van der Waals surface area (Å²) in [6, 6.07) is 10.2. The van der Waals surface area contributed by atoms with Crippen molar-refractivity contribution in [3.8, 4) is 11.5 Å². The average molecular weight is 379 g/mol. The number of anilines is 2. The third kappa shape index (κ3) is 3.07. The number of hydrogen-bond donors (Lipinski definition) is 1. The van der Waals surface area contributed by atoms with Gasteiger partial charge in [0.1, 0.15) is 11.5 Å². The summed E-state index contributed by atoms with van der Waals surface area (Å²) < 4.78 is 11.5. The van der Waals surface area contributed by atoms with Crippen molar-refractivity contribution < 1.29 is 14.3 Å². The maximum Gasteiger partial charge on any atom is 0.259 e. The minimum absolute atomic E-state index is 0.118. The molecule has 2 aromatic carbocycles. The molecule has 146 valence electrons. The lowest BCUT2D eigenvalue weighted by Gasteiger charge is -2.34. The van der Waals surface area contributed by atoms with Gasteiger partial charge in [0.05, 0.1) is 18.8 Å². The molecular weight excluding hydrogens is 354 g/mol. The van der Waals surface area contributed by atoms with Crippen LogP contribution in [-0.2, 0) is 12.8 Å². The number of benzene rings is 2. The van der Waals surface area contributed by atoms with Crippen LogP contribution in [0.25, 0.3) is 0 Å². The van der Waals surface area contributed by atoms with Gasteiger partial charge in [-0.3, -0.25) is 4.79 Å². The second-order valence-corrected chi connectivity index (χ2v) is 7.70. The average Bonchev–Trinajstić information content (AvgIpc) is 3.36. The number of piperazine rings is 1. The number of carbonyl (C=O) groups excluding carboxylic acids is 1. The number of amides is 1. The van der Waals surface area contributed by atoms with Gasteiger partial charge in [0, 0.05) is 61.5 Å². The first-order chi connectivity index (χ1) is 13.7. The van der Waals surface area contributed by atoms with E-state index in [-0.39, 0.29) is 5.91 Å². The monoisotopic (exact) mass is 379 g/mol. The highest BCUT2D eigenvalue weighted by molar-refractivity contribution is 6.08. The molecule has 3 heterocycles. The van der Waals surface area contributed by atoms with Gasteiger partial charge in [0.15, 0.2) is 0 Å². The van der Waals surface area contributed by atoms with Crippen molar-refractivity contribution in [2.45, 2.75) is 12.8 Å². The van der Waals surface area contributed by atoms with Crippen LogP contribution in [0.4, 0.5) is 11.4 Å². The van der Waals surface area contributed by atoms with E-state index in [9.17, 15) is 4.79 Å². The fraction of sp³-hybridized carbons (Fsp3) is 0.409. The summed E-state index contributed by atoms with van der Waals surface area (Å²) in [5, 5.41) is 3.05. The van der Waals surface area contributed by atoms with Gasteiger partial charge in [-0.15, -0.1) is 0 Å². The summed E-state index contributed by atoms with van der Waals surface area (Å²) in [5.74, 6) is 1.45. The Morgan fingerprint density at radius 1 is 1.00 bits per heavy atom. The number of nitrogens with zero attached hydrogens (tertiary/aromatic N) is 2. The van der Waals surface area contributed by atoms with Gasteiger partial charge in [0.2, 0.25) is 0 Å². The second kappa shape index (κ2) is 7.02. The lowest BCUT2D eigenvalue weighted by atomic mass is 9.99. The van der Waals surface area contributed by atoms with E-state index in [1.54, 1.807) is 0 Å². The molecule has 3 aliphatic heterocycles. The predicted octanol–water partition coefficient (Wildman–Crippen LogP) is 2.56. The van der Waals surface area contributed by atoms with Crippen molar-refractivity contribution in [2.75, 3.05) is 56.7 Å². The molecule has 1 N–H and O–H groups in total. The highest BCUT2D eigenvalue weighted by atomic mass is 16.5.